The Morgan fingerprint density at radius 2 is 1.96 bits per heavy atom. The quantitative estimate of drug-likeness (QED) is 0.752. The van der Waals surface area contributed by atoms with E-state index in [4.69, 9.17) is 4.74 Å². The molecule has 1 aromatic heterocycles. The second kappa shape index (κ2) is 5.81. The fourth-order valence-corrected chi connectivity index (χ4v) is 2.95. The third-order valence-corrected chi connectivity index (χ3v) is 4.07. The van der Waals surface area contributed by atoms with Crippen molar-refractivity contribution in [3.05, 3.63) is 70.3 Å². The molecule has 6 heteroatoms. The van der Waals surface area contributed by atoms with Gasteiger partial charge in [0.25, 0.3) is 5.91 Å². The maximum Gasteiger partial charge on any atom is 0.346 e. The van der Waals surface area contributed by atoms with Gasteiger partial charge >= 0.3 is 5.69 Å². The summed E-state index contributed by atoms with van der Waals surface area (Å²) in [6.45, 7) is 0.393. The molecule has 0 fully saturated rings. The third-order valence-electron chi connectivity index (χ3n) is 4.07. The summed E-state index contributed by atoms with van der Waals surface area (Å²) < 4.78 is 5.68. The molecule has 2 N–H and O–H groups in total. The second-order valence-electron chi connectivity index (χ2n) is 5.73. The zero-order valence-electron chi connectivity index (χ0n) is 12.8. The predicted molar refractivity (Wildman–Crippen MR) is 89.3 cm³/mol. The van der Waals surface area contributed by atoms with Crippen molar-refractivity contribution in [3.63, 3.8) is 0 Å². The van der Waals surface area contributed by atoms with Crippen molar-refractivity contribution in [1.29, 1.82) is 0 Å². The van der Waals surface area contributed by atoms with Crippen molar-refractivity contribution in [2.45, 2.75) is 12.5 Å². The van der Waals surface area contributed by atoms with Crippen LogP contribution in [0.25, 0.3) is 10.9 Å². The van der Waals surface area contributed by atoms with E-state index in [0.717, 1.165) is 11.3 Å². The van der Waals surface area contributed by atoms with Gasteiger partial charge in [-0.25, -0.2) is 4.79 Å². The minimum atomic E-state index is -0.538. The monoisotopic (exact) mass is 321 g/mol. The van der Waals surface area contributed by atoms with Crippen LogP contribution in [0.5, 0.6) is 5.75 Å². The summed E-state index contributed by atoms with van der Waals surface area (Å²) in [5.74, 6) is 0.480. The summed E-state index contributed by atoms with van der Waals surface area (Å²) in [6.07, 6.45) is 0.684. The smallest absolute Gasteiger partial charge is 0.346 e. The SMILES string of the molecule is O=C(NC1COc2ccccc2C1)c1nc(=O)[nH]c2ccccc12. The summed E-state index contributed by atoms with van der Waals surface area (Å²) in [7, 11) is 0. The second-order valence-corrected chi connectivity index (χ2v) is 5.73. The van der Waals surface area contributed by atoms with Crippen LogP contribution in [0.1, 0.15) is 16.1 Å². The predicted octanol–water partition coefficient (Wildman–Crippen LogP) is 1.66. The van der Waals surface area contributed by atoms with E-state index in [9.17, 15) is 9.59 Å². The van der Waals surface area contributed by atoms with E-state index in [2.05, 4.69) is 15.3 Å². The molecule has 0 saturated carbocycles. The van der Waals surface area contributed by atoms with E-state index in [1.807, 2.05) is 24.3 Å². The highest BCUT2D eigenvalue weighted by Gasteiger charge is 2.23. The van der Waals surface area contributed by atoms with E-state index in [-0.39, 0.29) is 17.6 Å². The molecule has 4 rings (SSSR count). The summed E-state index contributed by atoms with van der Waals surface area (Å²) >= 11 is 0. The Labute approximate surface area is 137 Å². The Kier molecular flexibility index (Phi) is 3.49. The third kappa shape index (κ3) is 2.62. The van der Waals surface area contributed by atoms with Crippen LogP contribution in [-0.2, 0) is 6.42 Å². The Bertz CT molecular complexity index is 980. The van der Waals surface area contributed by atoms with E-state index in [1.165, 1.54) is 0 Å². The van der Waals surface area contributed by atoms with Crippen LogP contribution in [0, 0.1) is 0 Å². The number of nitrogens with zero attached hydrogens (tertiary/aromatic N) is 1. The molecule has 0 saturated heterocycles. The summed E-state index contributed by atoms with van der Waals surface area (Å²) in [5.41, 5.74) is 1.24. The average molecular weight is 321 g/mol. The topological polar surface area (TPSA) is 84.1 Å². The minimum Gasteiger partial charge on any atom is -0.491 e. The molecular formula is C18H15N3O3. The summed E-state index contributed by atoms with van der Waals surface area (Å²) in [4.78, 5) is 30.8. The number of fused-ring (bicyclic) bond motifs is 2. The molecule has 3 aromatic rings. The van der Waals surface area contributed by atoms with Crippen molar-refractivity contribution in [2.24, 2.45) is 0 Å². The van der Waals surface area contributed by atoms with Crippen molar-refractivity contribution >= 4 is 16.8 Å². The first-order valence-electron chi connectivity index (χ1n) is 7.71. The molecule has 1 aliphatic heterocycles. The lowest BCUT2D eigenvalue weighted by Gasteiger charge is -2.26. The van der Waals surface area contributed by atoms with Gasteiger partial charge in [-0.15, -0.1) is 0 Å². The van der Waals surface area contributed by atoms with Crippen molar-refractivity contribution in [3.8, 4) is 5.75 Å². The Hall–Kier alpha value is -3.15. The number of H-pyrrole nitrogens is 1. The highest BCUT2D eigenvalue weighted by molar-refractivity contribution is 6.04. The highest BCUT2D eigenvalue weighted by Crippen LogP contribution is 2.24. The molecule has 2 heterocycles. The minimum absolute atomic E-state index is 0.133. The first kappa shape index (κ1) is 14.4. The van der Waals surface area contributed by atoms with Gasteiger partial charge in [0.15, 0.2) is 0 Å². The van der Waals surface area contributed by atoms with Crippen molar-refractivity contribution < 1.29 is 9.53 Å². The fourth-order valence-electron chi connectivity index (χ4n) is 2.95. The molecule has 1 unspecified atom stereocenters. The Morgan fingerprint density at radius 3 is 2.88 bits per heavy atom. The zero-order valence-corrected chi connectivity index (χ0v) is 12.8. The Balaban J connectivity index is 1.61. The lowest BCUT2D eigenvalue weighted by molar-refractivity contribution is 0.0912. The fraction of sp³-hybridized carbons (Fsp3) is 0.167. The highest BCUT2D eigenvalue weighted by atomic mass is 16.5. The van der Waals surface area contributed by atoms with Crippen molar-refractivity contribution in [1.82, 2.24) is 15.3 Å². The molecule has 120 valence electrons. The van der Waals surface area contributed by atoms with E-state index in [1.54, 1.807) is 24.3 Å². The average Bonchev–Trinajstić information content (AvgIpc) is 2.60. The van der Waals surface area contributed by atoms with Gasteiger partial charge in [0.2, 0.25) is 0 Å². The molecule has 2 aromatic carbocycles. The molecular weight excluding hydrogens is 306 g/mol. The van der Waals surface area contributed by atoms with Gasteiger partial charge in [-0.3, -0.25) is 4.79 Å². The number of hydrogen-bond donors (Lipinski definition) is 2. The molecule has 1 atom stereocenters. The summed E-state index contributed by atoms with van der Waals surface area (Å²) in [5, 5.41) is 3.53. The molecule has 6 nitrogen and oxygen atoms in total. The molecule has 0 aliphatic carbocycles. The van der Waals surface area contributed by atoms with E-state index in [0.29, 0.717) is 23.9 Å². The van der Waals surface area contributed by atoms with Gasteiger partial charge < -0.3 is 15.0 Å². The first-order chi connectivity index (χ1) is 11.7. The van der Waals surface area contributed by atoms with Crippen LogP contribution in [0.4, 0.5) is 0 Å². The molecule has 1 amide bonds. The van der Waals surface area contributed by atoms with Crippen LogP contribution < -0.4 is 15.7 Å². The van der Waals surface area contributed by atoms with Crippen LogP contribution in [0.3, 0.4) is 0 Å². The number of para-hydroxylation sites is 2. The number of benzene rings is 2. The number of rotatable bonds is 2. The van der Waals surface area contributed by atoms with Gasteiger partial charge in [-0.2, -0.15) is 4.98 Å². The van der Waals surface area contributed by atoms with Crippen LogP contribution >= 0.6 is 0 Å². The summed E-state index contributed by atoms with van der Waals surface area (Å²) in [6, 6.07) is 14.7. The maximum absolute atomic E-state index is 12.6. The molecule has 1 aliphatic rings. The Morgan fingerprint density at radius 1 is 1.17 bits per heavy atom. The molecule has 0 bridgehead atoms. The van der Waals surface area contributed by atoms with Gasteiger partial charge in [-0.1, -0.05) is 36.4 Å². The number of hydrogen-bond acceptors (Lipinski definition) is 4. The lowest BCUT2D eigenvalue weighted by atomic mass is 10.0. The van der Waals surface area contributed by atoms with E-state index >= 15 is 0 Å². The molecule has 24 heavy (non-hydrogen) atoms. The maximum atomic E-state index is 12.6. The van der Waals surface area contributed by atoms with Gasteiger partial charge in [0.1, 0.15) is 18.1 Å². The number of carbonyl (C=O) groups is 1. The molecule has 0 spiro atoms. The number of nitrogens with one attached hydrogen (secondary N) is 2. The number of aromatic nitrogens is 2. The largest absolute Gasteiger partial charge is 0.491 e. The normalized spacial score (nSPS) is 16.2. The van der Waals surface area contributed by atoms with Crippen LogP contribution in [0.2, 0.25) is 0 Å². The number of amides is 1. The standard InChI is InChI=1S/C18H15N3O3/c22-17(16-13-6-2-3-7-14(13)20-18(23)21-16)19-12-9-11-5-1-4-8-15(11)24-10-12/h1-8,12H,9-10H2,(H,19,22)(H,20,21,23). The van der Waals surface area contributed by atoms with Gasteiger partial charge in [0, 0.05) is 5.39 Å². The van der Waals surface area contributed by atoms with Gasteiger partial charge in [0.05, 0.1) is 11.6 Å². The van der Waals surface area contributed by atoms with E-state index < -0.39 is 5.69 Å². The zero-order chi connectivity index (χ0) is 16.5. The number of aromatic amines is 1. The van der Waals surface area contributed by atoms with Crippen LogP contribution in [0.15, 0.2) is 53.3 Å². The van der Waals surface area contributed by atoms with Gasteiger partial charge in [-0.05, 0) is 24.1 Å². The number of ether oxygens (including phenoxy) is 1. The van der Waals surface area contributed by atoms with Crippen LogP contribution in [-0.4, -0.2) is 28.5 Å². The van der Waals surface area contributed by atoms with Crippen molar-refractivity contribution in [2.75, 3.05) is 6.61 Å². The first-order valence-corrected chi connectivity index (χ1v) is 7.71. The lowest BCUT2D eigenvalue weighted by Crippen LogP contribution is -2.43. The molecule has 0 radical (unpaired) electrons. The number of carbonyl (C=O) groups excluding carboxylic acids is 1.